The van der Waals surface area contributed by atoms with Crippen molar-refractivity contribution in [1.82, 2.24) is 10.2 Å². The molecule has 1 heterocycles. The normalized spacial score (nSPS) is 16.3. The van der Waals surface area contributed by atoms with Gasteiger partial charge in [-0.15, -0.1) is 0 Å². The number of carbonyl (C=O) groups is 2. The van der Waals surface area contributed by atoms with Gasteiger partial charge in [0, 0.05) is 32.5 Å². The van der Waals surface area contributed by atoms with Crippen molar-refractivity contribution >= 4 is 11.8 Å². The molecule has 1 N–H and O–H groups in total. The fraction of sp³-hybridized carbons (Fsp3) is 0.833. The zero-order valence-electron chi connectivity index (χ0n) is 10.1. The third-order valence-corrected chi connectivity index (χ3v) is 2.88. The number of piperidine rings is 1. The van der Waals surface area contributed by atoms with Gasteiger partial charge in [0.2, 0.25) is 11.8 Å². The highest BCUT2D eigenvalue weighted by molar-refractivity contribution is 5.77. The molecule has 0 aromatic heterocycles. The number of nitrogens with one attached hydrogen (secondary N) is 1. The Morgan fingerprint density at radius 2 is 2.25 bits per heavy atom. The number of hydrogen-bond acceptors (Lipinski definition) is 2. The predicted molar refractivity (Wildman–Crippen MR) is 63.0 cm³/mol. The smallest absolute Gasteiger partial charge is 0.222 e. The van der Waals surface area contributed by atoms with E-state index in [9.17, 15) is 9.59 Å². The average molecular weight is 226 g/mol. The SMILES string of the molecule is CCCCC(=O)NCCN1CCCCC1=O. The lowest BCUT2D eigenvalue weighted by Crippen LogP contribution is -2.41. The zero-order valence-corrected chi connectivity index (χ0v) is 10.1. The Morgan fingerprint density at radius 1 is 1.44 bits per heavy atom. The summed E-state index contributed by atoms with van der Waals surface area (Å²) < 4.78 is 0. The number of amides is 2. The molecule has 1 aliphatic heterocycles. The van der Waals surface area contributed by atoms with Gasteiger partial charge in [-0.05, 0) is 19.3 Å². The summed E-state index contributed by atoms with van der Waals surface area (Å²) in [5, 5.41) is 2.85. The first kappa shape index (κ1) is 13.0. The zero-order chi connectivity index (χ0) is 11.8. The molecule has 2 amide bonds. The number of hydrogen-bond donors (Lipinski definition) is 1. The van der Waals surface area contributed by atoms with E-state index < -0.39 is 0 Å². The molecular weight excluding hydrogens is 204 g/mol. The van der Waals surface area contributed by atoms with Crippen molar-refractivity contribution in [2.75, 3.05) is 19.6 Å². The fourth-order valence-electron chi connectivity index (χ4n) is 1.85. The second kappa shape index (κ2) is 7.25. The van der Waals surface area contributed by atoms with Crippen LogP contribution >= 0.6 is 0 Å². The minimum absolute atomic E-state index is 0.103. The van der Waals surface area contributed by atoms with Crippen molar-refractivity contribution in [3.05, 3.63) is 0 Å². The molecule has 0 atom stereocenters. The van der Waals surface area contributed by atoms with Gasteiger partial charge in [-0.25, -0.2) is 0 Å². The van der Waals surface area contributed by atoms with Crippen LogP contribution in [0.25, 0.3) is 0 Å². The van der Waals surface area contributed by atoms with Gasteiger partial charge in [-0.3, -0.25) is 9.59 Å². The molecule has 4 heteroatoms. The summed E-state index contributed by atoms with van der Waals surface area (Å²) >= 11 is 0. The van der Waals surface area contributed by atoms with E-state index in [0.29, 0.717) is 25.9 Å². The first-order chi connectivity index (χ1) is 7.74. The molecule has 1 fully saturated rings. The van der Waals surface area contributed by atoms with Crippen molar-refractivity contribution in [1.29, 1.82) is 0 Å². The Hall–Kier alpha value is -1.06. The van der Waals surface area contributed by atoms with Crippen LogP contribution in [0.3, 0.4) is 0 Å². The van der Waals surface area contributed by atoms with Crippen LogP contribution in [0.5, 0.6) is 0 Å². The lowest BCUT2D eigenvalue weighted by molar-refractivity contribution is -0.133. The Kier molecular flexibility index (Phi) is 5.90. The third-order valence-electron chi connectivity index (χ3n) is 2.88. The van der Waals surface area contributed by atoms with Crippen LogP contribution in [-0.4, -0.2) is 36.3 Å². The van der Waals surface area contributed by atoms with Gasteiger partial charge in [-0.2, -0.15) is 0 Å². The second-order valence-electron chi connectivity index (χ2n) is 4.29. The molecular formula is C12H22N2O2. The molecule has 92 valence electrons. The van der Waals surface area contributed by atoms with Crippen molar-refractivity contribution in [2.45, 2.75) is 45.4 Å². The predicted octanol–water partition coefficient (Wildman–Crippen LogP) is 1.31. The molecule has 0 aromatic rings. The molecule has 0 saturated carbocycles. The monoisotopic (exact) mass is 226 g/mol. The van der Waals surface area contributed by atoms with E-state index >= 15 is 0 Å². The molecule has 1 rings (SSSR count). The maximum absolute atomic E-state index is 11.5. The van der Waals surface area contributed by atoms with Crippen LogP contribution in [-0.2, 0) is 9.59 Å². The first-order valence-corrected chi connectivity index (χ1v) is 6.28. The van der Waals surface area contributed by atoms with Crippen LogP contribution in [0.4, 0.5) is 0 Å². The van der Waals surface area contributed by atoms with Crippen LogP contribution in [0, 0.1) is 0 Å². The minimum Gasteiger partial charge on any atom is -0.354 e. The van der Waals surface area contributed by atoms with Gasteiger partial charge in [0.25, 0.3) is 0 Å². The van der Waals surface area contributed by atoms with E-state index in [1.807, 2.05) is 4.90 Å². The van der Waals surface area contributed by atoms with E-state index in [0.717, 1.165) is 32.2 Å². The van der Waals surface area contributed by atoms with E-state index in [-0.39, 0.29) is 11.8 Å². The van der Waals surface area contributed by atoms with Crippen LogP contribution < -0.4 is 5.32 Å². The first-order valence-electron chi connectivity index (χ1n) is 6.28. The van der Waals surface area contributed by atoms with Gasteiger partial charge in [0.15, 0.2) is 0 Å². The number of carbonyl (C=O) groups excluding carboxylic acids is 2. The molecule has 1 aliphatic rings. The van der Waals surface area contributed by atoms with Crippen LogP contribution in [0.1, 0.15) is 45.4 Å². The highest BCUT2D eigenvalue weighted by Gasteiger charge is 2.17. The lowest BCUT2D eigenvalue weighted by atomic mass is 10.1. The Labute approximate surface area is 97.4 Å². The summed E-state index contributed by atoms with van der Waals surface area (Å²) in [4.78, 5) is 24.6. The molecule has 0 spiro atoms. The Morgan fingerprint density at radius 3 is 2.94 bits per heavy atom. The minimum atomic E-state index is 0.103. The lowest BCUT2D eigenvalue weighted by Gasteiger charge is -2.26. The number of nitrogens with zero attached hydrogens (tertiary/aromatic N) is 1. The van der Waals surface area contributed by atoms with Gasteiger partial charge < -0.3 is 10.2 Å². The number of rotatable bonds is 6. The topological polar surface area (TPSA) is 49.4 Å². The summed E-state index contributed by atoms with van der Waals surface area (Å²) in [6, 6.07) is 0. The van der Waals surface area contributed by atoms with Crippen molar-refractivity contribution in [2.24, 2.45) is 0 Å². The summed E-state index contributed by atoms with van der Waals surface area (Å²) in [7, 11) is 0. The molecule has 0 unspecified atom stereocenters. The highest BCUT2D eigenvalue weighted by atomic mass is 16.2. The maximum Gasteiger partial charge on any atom is 0.222 e. The van der Waals surface area contributed by atoms with E-state index in [2.05, 4.69) is 12.2 Å². The van der Waals surface area contributed by atoms with Gasteiger partial charge in [-0.1, -0.05) is 13.3 Å². The fourth-order valence-corrected chi connectivity index (χ4v) is 1.85. The van der Waals surface area contributed by atoms with Crippen molar-refractivity contribution in [3.63, 3.8) is 0 Å². The molecule has 1 saturated heterocycles. The molecule has 0 aromatic carbocycles. The molecule has 0 radical (unpaired) electrons. The van der Waals surface area contributed by atoms with E-state index in [1.165, 1.54) is 0 Å². The number of likely N-dealkylation sites (tertiary alicyclic amines) is 1. The summed E-state index contributed by atoms with van der Waals surface area (Å²) in [5.74, 6) is 0.334. The Bertz CT molecular complexity index is 241. The molecule has 0 bridgehead atoms. The third kappa shape index (κ3) is 4.64. The largest absolute Gasteiger partial charge is 0.354 e. The van der Waals surface area contributed by atoms with Gasteiger partial charge in [0.1, 0.15) is 0 Å². The molecule has 0 aliphatic carbocycles. The summed E-state index contributed by atoms with van der Waals surface area (Å²) in [6.07, 6.45) is 5.36. The average Bonchev–Trinajstić information content (AvgIpc) is 2.29. The summed E-state index contributed by atoms with van der Waals surface area (Å²) in [5.41, 5.74) is 0. The van der Waals surface area contributed by atoms with Crippen LogP contribution in [0.15, 0.2) is 0 Å². The Balaban J connectivity index is 2.09. The highest BCUT2D eigenvalue weighted by Crippen LogP contribution is 2.09. The van der Waals surface area contributed by atoms with Crippen molar-refractivity contribution in [3.8, 4) is 0 Å². The van der Waals surface area contributed by atoms with Crippen LogP contribution in [0.2, 0.25) is 0 Å². The quantitative estimate of drug-likeness (QED) is 0.742. The molecule has 16 heavy (non-hydrogen) atoms. The van der Waals surface area contributed by atoms with Crippen molar-refractivity contribution < 1.29 is 9.59 Å². The van der Waals surface area contributed by atoms with Gasteiger partial charge in [0.05, 0.1) is 0 Å². The standard InChI is InChI=1S/C12H22N2O2/c1-2-3-6-11(15)13-8-10-14-9-5-4-7-12(14)16/h2-10H2,1H3,(H,13,15). The number of unbranched alkanes of at least 4 members (excludes halogenated alkanes) is 1. The maximum atomic E-state index is 11.5. The summed E-state index contributed by atoms with van der Waals surface area (Å²) in [6.45, 7) is 4.17. The van der Waals surface area contributed by atoms with E-state index in [1.54, 1.807) is 0 Å². The second-order valence-corrected chi connectivity index (χ2v) is 4.29. The van der Waals surface area contributed by atoms with E-state index in [4.69, 9.17) is 0 Å². The molecule has 4 nitrogen and oxygen atoms in total. The van der Waals surface area contributed by atoms with Gasteiger partial charge >= 0.3 is 0 Å².